The molecule has 5 heteroatoms. The molecule has 3 aromatic rings. The van der Waals surface area contributed by atoms with Crippen molar-refractivity contribution < 1.29 is 0 Å². The number of benzene rings is 2. The van der Waals surface area contributed by atoms with Crippen LogP contribution in [0.2, 0.25) is 0 Å². The van der Waals surface area contributed by atoms with E-state index in [2.05, 4.69) is 45.2 Å². The maximum atomic E-state index is 4.73. The van der Waals surface area contributed by atoms with Gasteiger partial charge in [0.1, 0.15) is 0 Å². The summed E-state index contributed by atoms with van der Waals surface area (Å²) in [4.78, 5) is 4.68. The molecule has 0 saturated heterocycles. The van der Waals surface area contributed by atoms with E-state index in [0.717, 1.165) is 37.9 Å². The van der Waals surface area contributed by atoms with Crippen molar-refractivity contribution in [2.24, 2.45) is 5.10 Å². The van der Waals surface area contributed by atoms with Gasteiger partial charge < -0.3 is 0 Å². The summed E-state index contributed by atoms with van der Waals surface area (Å²) in [7, 11) is 0. The number of halogens is 1. The Hall–Kier alpha value is -1.85. The summed E-state index contributed by atoms with van der Waals surface area (Å²) in [5.74, 6) is 0.835. The Morgan fingerprint density at radius 1 is 1.00 bits per heavy atom. The summed E-state index contributed by atoms with van der Waals surface area (Å²) in [5, 5.41) is 5.67. The number of nitrogens with zero attached hydrogens (tertiary/aromatic N) is 3. The van der Waals surface area contributed by atoms with E-state index in [1.807, 2.05) is 41.2 Å². The second-order valence-electron chi connectivity index (χ2n) is 4.97. The van der Waals surface area contributed by atoms with E-state index in [-0.39, 0.29) is 0 Å². The Balaban J connectivity index is 1.73. The summed E-state index contributed by atoms with van der Waals surface area (Å²) in [6.07, 6.45) is 1.99. The van der Waals surface area contributed by atoms with Crippen molar-refractivity contribution in [3.63, 3.8) is 0 Å². The molecule has 2 heterocycles. The lowest BCUT2D eigenvalue weighted by molar-refractivity contribution is 0.757. The summed E-state index contributed by atoms with van der Waals surface area (Å²) >= 11 is 5.23. The fraction of sp³-hybridized carbons (Fsp3) is 0.0588. The molecule has 1 aliphatic rings. The summed E-state index contributed by atoms with van der Waals surface area (Å²) in [5.41, 5.74) is 4.28. The molecule has 2 aromatic carbocycles. The van der Waals surface area contributed by atoms with Gasteiger partial charge in [-0.15, -0.1) is 0 Å². The van der Waals surface area contributed by atoms with Crippen LogP contribution >= 0.6 is 27.7 Å². The van der Waals surface area contributed by atoms with Gasteiger partial charge in [0.2, 0.25) is 0 Å². The molecular formula is C17H12BrN3S. The first-order valence-corrected chi connectivity index (χ1v) is 8.69. The molecule has 0 bridgehead atoms. The number of thioether (sulfide) groups is 1. The van der Waals surface area contributed by atoms with E-state index in [0.29, 0.717) is 0 Å². The SMILES string of the molecule is Brc1cccc(C2=Nn3cc(-c4ccccc4)nc3SC2)c1. The van der Waals surface area contributed by atoms with Crippen molar-refractivity contribution in [3.8, 4) is 11.3 Å². The summed E-state index contributed by atoms with van der Waals surface area (Å²) < 4.78 is 2.95. The van der Waals surface area contributed by atoms with E-state index < -0.39 is 0 Å². The predicted molar refractivity (Wildman–Crippen MR) is 94.5 cm³/mol. The minimum atomic E-state index is 0.835. The molecule has 0 unspecified atom stereocenters. The van der Waals surface area contributed by atoms with Crippen molar-refractivity contribution in [1.82, 2.24) is 9.66 Å². The number of hydrogen-bond donors (Lipinski definition) is 0. The van der Waals surface area contributed by atoms with Gasteiger partial charge in [-0.3, -0.25) is 0 Å². The highest BCUT2D eigenvalue weighted by Crippen LogP contribution is 2.28. The summed E-state index contributed by atoms with van der Waals surface area (Å²) in [6, 6.07) is 18.4. The highest BCUT2D eigenvalue weighted by Gasteiger charge is 2.17. The van der Waals surface area contributed by atoms with Crippen LogP contribution in [-0.2, 0) is 0 Å². The van der Waals surface area contributed by atoms with Crippen LogP contribution in [0.25, 0.3) is 11.3 Å². The van der Waals surface area contributed by atoms with Gasteiger partial charge in [-0.05, 0) is 17.7 Å². The van der Waals surface area contributed by atoms with Crippen LogP contribution in [0.3, 0.4) is 0 Å². The molecule has 0 aliphatic carbocycles. The lowest BCUT2D eigenvalue weighted by Gasteiger charge is -2.12. The zero-order chi connectivity index (χ0) is 14.9. The lowest BCUT2D eigenvalue weighted by Crippen LogP contribution is -2.12. The predicted octanol–water partition coefficient (Wildman–Crippen LogP) is 4.67. The van der Waals surface area contributed by atoms with Crippen LogP contribution in [-0.4, -0.2) is 21.1 Å². The Morgan fingerprint density at radius 2 is 1.82 bits per heavy atom. The molecule has 4 rings (SSSR count). The van der Waals surface area contributed by atoms with Gasteiger partial charge in [-0.25, -0.2) is 9.66 Å². The van der Waals surface area contributed by atoms with Crippen molar-refractivity contribution in [2.45, 2.75) is 5.16 Å². The second kappa shape index (κ2) is 5.74. The normalized spacial score (nSPS) is 13.6. The maximum Gasteiger partial charge on any atom is 0.189 e. The largest absolute Gasteiger partial charge is 0.221 e. The molecular weight excluding hydrogens is 358 g/mol. The van der Waals surface area contributed by atoms with E-state index in [4.69, 9.17) is 5.10 Å². The van der Waals surface area contributed by atoms with Gasteiger partial charge in [-0.1, -0.05) is 70.2 Å². The van der Waals surface area contributed by atoms with Crippen molar-refractivity contribution in [3.05, 3.63) is 70.8 Å². The molecule has 3 nitrogen and oxygen atoms in total. The van der Waals surface area contributed by atoms with Crippen LogP contribution < -0.4 is 0 Å². The molecule has 108 valence electrons. The highest BCUT2D eigenvalue weighted by molar-refractivity contribution is 9.10. The van der Waals surface area contributed by atoms with E-state index in [1.165, 1.54) is 0 Å². The number of rotatable bonds is 2. The van der Waals surface area contributed by atoms with Gasteiger partial charge in [0.25, 0.3) is 0 Å². The number of aromatic nitrogens is 2. The Morgan fingerprint density at radius 3 is 2.64 bits per heavy atom. The molecule has 0 amide bonds. The molecule has 22 heavy (non-hydrogen) atoms. The molecule has 0 saturated carbocycles. The van der Waals surface area contributed by atoms with Crippen LogP contribution in [0.5, 0.6) is 0 Å². The first-order chi connectivity index (χ1) is 10.8. The van der Waals surface area contributed by atoms with Gasteiger partial charge in [0, 0.05) is 15.8 Å². The van der Waals surface area contributed by atoms with Crippen molar-refractivity contribution in [1.29, 1.82) is 0 Å². The Bertz CT molecular complexity index is 855. The van der Waals surface area contributed by atoms with Gasteiger partial charge >= 0.3 is 0 Å². The standard InChI is InChI=1S/C17H12BrN3S/c18-14-8-4-7-13(9-14)16-11-22-17-19-15(10-21(17)20-16)12-5-2-1-3-6-12/h1-10H,11H2. The minimum absolute atomic E-state index is 0.835. The van der Waals surface area contributed by atoms with E-state index in [9.17, 15) is 0 Å². The smallest absolute Gasteiger partial charge is 0.189 e. The topological polar surface area (TPSA) is 30.2 Å². The van der Waals surface area contributed by atoms with E-state index in [1.54, 1.807) is 11.8 Å². The zero-order valence-corrected chi connectivity index (χ0v) is 14.0. The van der Waals surface area contributed by atoms with E-state index >= 15 is 0 Å². The van der Waals surface area contributed by atoms with Crippen LogP contribution in [0, 0.1) is 0 Å². The molecule has 1 aliphatic heterocycles. The van der Waals surface area contributed by atoms with Gasteiger partial charge in [0.15, 0.2) is 5.16 Å². The molecule has 0 fully saturated rings. The fourth-order valence-electron chi connectivity index (χ4n) is 2.37. The quantitative estimate of drug-likeness (QED) is 0.656. The number of fused-ring (bicyclic) bond motifs is 1. The minimum Gasteiger partial charge on any atom is -0.221 e. The average Bonchev–Trinajstić information content (AvgIpc) is 2.99. The Labute approximate surface area is 141 Å². The third-order valence-corrected chi connectivity index (χ3v) is 4.90. The molecule has 0 radical (unpaired) electrons. The van der Waals surface area contributed by atoms with Crippen LogP contribution in [0.4, 0.5) is 0 Å². The second-order valence-corrected chi connectivity index (χ2v) is 6.82. The highest BCUT2D eigenvalue weighted by atomic mass is 79.9. The first kappa shape index (κ1) is 13.8. The monoisotopic (exact) mass is 369 g/mol. The number of hydrogen-bond acceptors (Lipinski definition) is 3. The number of imidazole rings is 1. The zero-order valence-electron chi connectivity index (χ0n) is 11.6. The van der Waals surface area contributed by atoms with Crippen molar-refractivity contribution in [2.75, 3.05) is 5.75 Å². The average molecular weight is 370 g/mol. The summed E-state index contributed by atoms with van der Waals surface area (Å²) in [6.45, 7) is 0. The first-order valence-electron chi connectivity index (χ1n) is 6.91. The van der Waals surface area contributed by atoms with Crippen LogP contribution in [0.15, 0.2) is 75.5 Å². The Kier molecular flexibility index (Phi) is 3.60. The molecule has 0 N–H and O–H groups in total. The van der Waals surface area contributed by atoms with Gasteiger partial charge in [0.05, 0.1) is 17.6 Å². The molecule has 0 spiro atoms. The fourth-order valence-corrected chi connectivity index (χ4v) is 3.65. The lowest BCUT2D eigenvalue weighted by atomic mass is 10.1. The van der Waals surface area contributed by atoms with Crippen LogP contribution in [0.1, 0.15) is 5.56 Å². The third kappa shape index (κ3) is 2.62. The third-order valence-electron chi connectivity index (χ3n) is 3.45. The molecule has 0 atom stereocenters. The van der Waals surface area contributed by atoms with Gasteiger partial charge in [-0.2, -0.15) is 5.10 Å². The maximum absolute atomic E-state index is 4.73. The molecule has 1 aromatic heterocycles. The van der Waals surface area contributed by atoms with Crippen molar-refractivity contribution >= 4 is 33.4 Å².